The summed E-state index contributed by atoms with van der Waals surface area (Å²) in [5.41, 5.74) is 3.56. The number of aromatic nitrogens is 3. The van der Waals surface area contributed by atoms with Gasteiger partial charge in [0.2, 0.25) is 0 Å². The van der Waals surface area contributed by atoms with Crippen molar-refractivity contribution < 1.29 is 9.84 Å². The van der Waals surface area contributed by atoms with E-state index in [9.17, 15) is 9.90 Å². The molecule has 0 spiro atoms. The molecule has 2 aliphatic rings. The number of aryl methyl sites for hydroxylation is 1. The molecule has 2 aliphatic heterocycles. The second-order valence-electron chi connectivity index (χ2n) is 9.17. The maximum atomic E-state index is 13.0. The van der Waals surface area contributed by atoms with Crippen LogP contribution in [0, 0.1) is 5.92 Å². The Hall–Kier alpha value is -2.97. The molecule has 3 aromatic rings. The van der Waals surface area contributed by atoms with Gasteiger partial charge in [-0.25, -0.2) is 9.97 Å². The molecule has 0 unspecified atom stereocenters. The van der Waals surface area contributed by atoms with E-state index in [0.717, 1.165) is 56.9 Å². The Balaban J connectivity index is 1.52. The molecule has 0 aliphatic carbocycles. The fraction of sp³-hybridized carbons (Fsp3) is 0.480. The highest BCUT2D eigenvalue weighted by Gasteiger charge is 2.26. The van der Waals surface area contributed by atoms with Crippen LogP contribution in [0.15, 0.2) is 41.5 Å². The van der Waals surface area contributed by atoms with Gasteiger partial charge < -0.3 is 24.2 Å². The van der Waals surface area contributed by atoms with Gasteiger partial charge in [-0.1, -0.05) is 12.1 Å². The summed E-state index contributed by atoms with van der Waals surface area (Å²) < 4.78 is 7.17. The van der Waals surface area contributed by atoms with Crippen molar-refractivity contribution in [3.8, 4) is 11.3 Å². The average molecular weight is 450 g/mol. The summed E-state index contributed by atoms with van der Waals surface area (Å²) in [7, 11) is 1.72. The molecule has 1 N–H and O–H groups in total. The number of rotatable bonds is 5. The number of hydrogen-bond acceptors (Lipinski definition) is 7. The lowest BCUT2D eigenvalue weighted by molar-refractivity contribution is 0.0532. The Kier molecular flexibility index (Phi) is 6.03. The molecule has 8 nitrogen and oxygen atoms in total. The number of nitrogens with zero attached hydrogens (tertiary/aromatic N) is 5. The molecule has 174 valence electrons. The first kappa shape index (κ1) is 21.9. The van der Waals surface area contributed by atoms with E-state index >= 15 is 0 Å². The average Bonchev–Trinajstić information content (AvgIpc) is 3.30. The number of benzene rings is 1. The Bertz CT molecular complexity index is 1190. The number of ether oxygens (including phenoxy) is 1. The summed E-state index contributed by atoms with van der Waals surface area (Å²) in [5, 5.41) is 9.91. The van der Waals surface area contributed by atoms with Crippen molar-refractivity contribution in [2.75, 3.05) is 49.2 Å². The fourth-order valence-corrected chi connectivity index (χ4v) is 4.92. The molecule has 0 saturated carbocycles. The third-order valence-corrected chi connectivity index (χ3v) is 6.78. The van der Waals surface area contributed by atoms with Crippen molar-refractivity contribution in [3.05, 3.63) is 47.0 Å². The molecule has 1 aromatic carbocycles. The van der Waals surface area contributed by atoms with Crippen molar-refractivity contribution >= 4 is 22.4 Å². The second-order valence-corrected chi connectivity index (χ2v) is 9.17. The van der Waals surface area contributed by atoms with Crippen LogP contribution in [0.4, 0.5) is 11.5 Å². The van der Waals surface area contributed by atoms with Crippen LogP contribution in [-0.4, -0.2) is 65.1 Å². The number of anilines is 2. The lowest BCUT2D eigenvalue weighted by Crippen LogP contribution is -2.41. The SMILES string of the molecule is C[C@@H]1CN(c2ccc(-c3cc4ncn(C)c(=O)c4c(N4CC[C@H](CCO)C4)n3)cc2)CCO1. The van der Waals surface area contributed by atoms with Crippen LogP contribution < -0.4 is 15.4 Å². The Morgan fingerprint density at radius 3 is 2.73 bits per heavy atom. The molecule has 0 amide bonds. The summed E-state index contributed by atoms with van der Waals surface area (Å²) in [4.78, 5) is 27.1. The summed E-state index contributed by atoms with van der Waals surface area (Å²) >= 11 is 0. The van der Waals surface area contributed by atoms with Gasteiger partial charge in [-0.2, -0.15) is 0 Å². The van der Waals surface area contributed by atoms with Gasteiger partial charge in [0.15, 0.2) is 0 Å². The highest BCUT2D eigenvalue weighted by Crippen LogP contribution is 2.32. The van der Waals surface area contributed by atoms with E-state index in [1.54, 1.807) is 13.4 Å². The van der Waals surface area contributed by atoms with Gasteiger partial charge >= 0.3 is 0 Å². The van der Waals surface area contributed by atoms with E-state index in [0.29, 0.717) is 22.6 Å². The molecule has 2 aromatic heterocycles. The highest BCUT2D eigenvalue weighted by atomic mass is 16.5. The second kappa shape index (κ2) is 9.11. The van der Waals surface area contributed by atoms with Crippen molar-refractivity contribution in [1.29, 1.82) is 0 Å². The first-order valence-corrected chi connectivity index (χ1v) is 11.7. The maximum Gasteiger partial charge on any atom is 0.264 e. The van der Waals surface area contributed by atoms with Gasteiger partial charge in [0, 0.05) is 51.1 Å². The van der Waals surface area contributed by atoms with Crippen LogP contribution in [0.3, 0.4) is 0 Å². The minimum absolute atomic E-state index is 0.0866. The molecule has 2 saturated heterocycles. The summed E-state index contributed by atoms with van der Waals surface area (Å²) in [6, 6.07) is 10.3. The maximum absolute atomic E-state index is 13.0. The van der Waals surface area contributed by atoms with Crippen LogP contribution in [0.1, 0.15) is 19.8 Å². The zero-order chi connectivity index (χ0) is 22.9. The number of hydrogen-bond donors (Lipinski definition) is 1. The molecule has 33 heavy (non-hydrogen) atoms. The fourth-order valence-electron chi connectivity index (χ4n) is 4.92. The van der Waals surface area contributed by atoms with Gasteiger partial charge in [-0.05, 0) is 43.9 Å². The molecule has 2 atom stereocenters. The minimum Gasteiger partial charge on any atom is -0.396 e. The van der Waals surface area contributed by atoms with E-state index in [4.69, 9.17) is 9.72 Å². The predicted molar refractivity (Wildman–Crippen MR) is 130 cm³/mol. The Morgan fingerprint density at radius 2 is 1.97 bits per heavy atom. The van der Waals surface area contributed by atoms with Gasteiger partial charge in [0.25, 0.3) is 5.56 Å². The smallest absolute Gasteiger partial charge is 0.264 e. The third kappa shape index (κ3) is 4.32. The number of fused-ring (bicyclic) bond motifs is 1. The normalized spacial score (nSPS) is 21.2. The minimum atomic E-state index is -0.0866. The first-order valence-electron chi connectivity index (χ1n) is 11.7. The number of morpholine rings is 1. The summed E-state index contributed by atoms with van der Waals surface area (Å²) in [6.07, 6.45) is 3.55. The molecule has 0 bridgehead atoms. The zero-order valence-corrected chi connectivity index (χ0v) is 19.3. The van der Waals surface area contributed by atoms with Crippen molar-refractivity contribution in [2.24, 2.45) is 13.0 Å². The van der Waals surface area contributed by atoms with Crippen molar-refractivity contribution in [3.63, 3.8) is 0 Å². The van der Waals surface area contributed by atoms with Gasteiger partial charge in [0.05, 0.1) is 30.2 Å². The first-order chi connectivity index (χ1) is 16.0. The van der Waals surface area contributed by atoms with Crippen LogP contribution in [0.2, 0.25) is 0 Å². The van der Waals surface area contributed by atoms with E-state index in [-0.39, 0.29) is 18.3 Å². The van der Waals surface area contributed by atoms with E-state index < -0.39 is 0 Å². The molecular weight excluding hydrogens is 418 g/mol. The lowest BCUT2D eigenvalue weighted by Gasteiger charge is -2.33. The molecule has 5 rings (SSSR count). The molecule has 0 radical (unpaired) electrons. The van der Waals surface area contributed by atoms with Crippen LogP contribution in [0.5, 0.6) is 0 Å². The Labute approximate surface area is 193 Å². The molecular formula is C25H31N5O3. The van der Waals surface area contributed by atoms with Crippen LogP contribution >= 0.6 is 0 Å². The standard InChI is InChI=1S/C25H31N5O3/c1-17-14-29(10-12-33-17)20-5-3-19(4-6-20)21-13-22-23(25(32)28(2)16-26-22)24(27-21)30-9-7-18(15-30)8-11-31/h3-6,13,16-18,31H,7-12,14-15H2,1-2H3/t17-,18-/m1/s1. The quantitative estimate of drug-likeness (QED) is 0.640. The van der Waals surface area contributed by atoms with Gasteiger partial charge in [-0.15, -0.1) is 0 Å². The van der Waals surface area contributed by atoms with Crippen LogP contribution in [0.25, 0.3) is 22.2 Å². The molecule has 8 heteroatoms. The van der Waals surface area contributed by atoms with Crippen molar-refractivity contribution in [1.82, 2.24) is 14.5 Å². The van der Waals surface area contributed by atoms with E-state index in [1.807, 2.05) is 6.07 Å². The zero-order valence-electron chi connectivity index (χ0n) is 19.3. The lowest BCUT2D eigenvalue weighted by atomic mass is 10.1. The van der Waals surface area contributed by atoms with Crippen LogP contribution in [-0.2, 0) is 11.8 Å². The number of aliphatic hydroxyl groups excluding tert-OH is 1. The summed E-state index contributed by atoms with van der Waals surface area (Å²) in [6.45, 7) is 6.41. The van der Waals surface area contributed by atoms with E-state index in [2.05, 4.69) is 46.0 Å². The van der Waals surface area contributed by atoms with E-state index in [1.165, 1.54) is 10.3 Å². The third-order valence-electron chi connectivity index (χ3n) is 6.78. The molecule has 4 heterocycles. The number of pyridine rings is 1. The predicted octanol–water partition coefficient (Wildman–Crippen LogP) is 2.43. The van der Waals surface area contributed by atoms with Gasteiger partial charge in [0.1, 0.15) is 11.2 Å². The monoisotopic (exact) mass is 449 g/mol. The highest BCUT2D eigenvalue weighted by molar-refractivity contribution is 5.92. The topological polar surface area (TPSA) is 83.7 Å². The summed E-state index contributed by atoms with van der Waals surface area (Å²) in [5.74, 6) is 1.11. The number of aliphatic hydroxyl groups is 1. The van der Waals surface area contributed by atoms with Gasteiger partial charge in [-0.3, -0.25) is 4.79 Å². The Morgan fingerprint density at radius 1 is 1.15 bits per heavy atom. The van der Waals surface area contributed by atoms with Crippen molar-refractivity contribution in [2.45, 2.75) is 25.9 Å². The largest absolute Gasteiger partial charge is 0.396 e. The molecule has 2 fully saturated rings.